The molecular weight excluding hydrogens is 262 g/mol. The van der Waals surface area contributed by atoms with Crippen LogP contribution in [0.5, 0.6) is 5.75 Å². The molecule has 0 radical (unpaired) electrons. The Hall–Kier alpha value is -1.06. The molecule has 1 aromatic carbocycles. The predicted molar refractivity (Wildman–Crippen MR) is 86.7 cm³/mol. The van der Waals surface area contributed by atoms with Crippen molar-refractivity contribution in [2.24, 2.45) is 0 Å². The number of hydrogen-bond acceptors (Lipinski definition) is 3. The third-order valence-corrected chi connectivity index (χ3v) is 4.43. The molecule has 0 amide bonds. The number of ether oxygens (including phenoxy) is 1. The molecule has 118 valence electrons. The van der Waals surface area contributed by atoms with Crippen molar-refractivity contribution < 1.29 is 9.84 Å². The average molecular weight is 291 g/mol. The summed E-state index contributed by atoms with van der Waals surface area (Å²) < 4.78 is 5.81. The normalized spacial score (nSPS) is 19.2. The molecule has 21 heavy (non-hydrogen) atoms. The van der Waals surface area contributed by atoms with Gasteiger partial charge in [0.05, 0.1) is 5.60 Å². The van der Waals surface area contributed by atoms with Crippen molar-refractivity contribution in [1.29, 1.82) is 0 Å². The molecule has 3 heteroatoms. The second-order valence-electron chi connectivity index (χ2n) is 6.16. The maximum atomic E-state index is 10.4. The van der Waals surface area contributed by atoms with Crippen molar-refractivity contribution >= 4 is 0 Å². The molecule has 1 aliphatic carbocycles. The fraction of sp³-hybridized carbons (Fsp3) is 0.667. The van der Waals surface area contributed by atoms with Crippen LogP contribution in [0.4, 0.5) is 0 Å². The molecular formula is C18H29NO2. The van der Waals surface area contributed by atoms with Gasteiger partial charge in [-0.25, -0.2) is 0 Å². The van der Waals surface area contributed by atoms with Crippen LogP contribution in [-0.2, 0) is 0 Å². The van der Waals surface area contributed by atoms with Gasteiger partial charge in [-0.15, -0.1) is 0 Å². The van der Waals surface area contributed by atoms with E-state index in [1.165, 1.54) is 12.0 Å². The standard InChI is InChI=1S/C18H29NO2/c1-3-17(19-4-2)15-8-10-16(11-9-15)21-14-18(20)12-6-5-7-13-18/h8-11,17,19-20H,3-7,12-14H2,1-2H3. The first-order valence-corrected chi connectivity index (χ1v) is 8.35. The van der Waals surface area contributed by atoms with Crippen LogP contribution >= 0.6 is 0 Å². The van der Waals surface area contributed by atoms with Crippen LogP contribution in [0.15, 0.2) is 24.3 Å². The lowest BCUT2D eigenvalue weighted by Gasteiger charge is -2.31. The SMILES string of the molecule is CCNC(CC)c1ccc(OCC2(O)CCCCC2)cc1. The van der Waals surface area contributed by atoms with Crippen LogP contribution < -0.4 is 10.1 Å². The summed E-state index contributed by atoms with van der Waals surface area (Å²) in [6.07, 6.45) is 6.26. The highest BCUT2D eigenvalue weighted by atomic mass is 16.5. The van der Waals surface area contributed by atoms with Gasteiger partial charge in [0.15, 0.2) is 0 Å². The van der Waals surface area contributed by atoms with E-state index in [2.05, 4.69) is 31.3 Å². The summed E-state index contributed by atoms with van der Waals surface area (Å²) in [5.74, 6) is 0.851. The molecule has 0 spiro atoms. The van der Waals surface area contributed by atoms with Gasteiger partial charge in [-0.05, 0) is 43.5 Å². The van der Waals surface area contributed by atoms with Crippen LogP contribution in [0, 0.1) is 0 Å². The molecule has 1 fully saturated rings. The minimum atomic E-state index is -0.618. The zero-order valence-corrected chi connectivity index (χ0v) is 13.4. The van der Waals surface area contributed by atoms with Crippen molar-refractivity contribution in [1.82, 2.24) is 5.32 Å². The van der Waals surface area contributed by atoms with Crippen molar-refractivity contribution in [3.63, 3.8) is 0 Å². The van der Waals surface area contributed by atoms with Gasteiger partial charge in [0.2, 0.25) is 0 Å². The van der Waals surface area contributed by atoms with E-state index < -0.39 is 5.60 Å². The van der Waals surface area contributed by atoms with Crippen LogP contribution in [0.2, 0.25) is 0 Å². The number of rotatable bonds is 7. The molecule has 2 rings (SSSR count). The first-order chi connectivity index (χ1) is 10.2. The van der Waals surface area contributed by atoms with Crippen molar-refractivity contribution in [3.8, 4) is 5.75 Å². The lowest BCUT2D eigenvalue weighted by molar-refractivity contribution is -0.0339. The minimum Gasteiger partial charge on any atom is -0.491 e. The van der Waals surface area contributed by atoms with Crippen LogP contribution in [-0.4, -0.2) is 23.9 Å². The zero-order valence-electron chi connectivity index (χ0n) is 13.4. The Kier molecular flexibility index (Phi) is 6.07. The van der Waals surface area contributed by atoms with E-state index in [0.717, 1.165) is 44.4 Å². The Bertz CT molecular complexity index is 410. The Morgan fingerprint density at radius 2 is 1.81 bits per heavy atom. The van der Waals surface area contributed by atoms with E-state index in [-0.39, 0.29) is 0 Å². The van der Waals surface area contributed by atoms with Gasteiger partial charge in [-0.1, -0.05) is 45.2 Å². The number of benzene rings is 1. The van der Waals surface area contributed by atoms with Gasteiger partial charge in [-0.3, -0.25) is 0 Å². The third-order valence-electron chi connectivity index (χ3n) is 4.43. The topological polar surface area (TPSA) is 41.5 Å². The van der Waals surface area contributed by atoms with Crippen LogP contribution in [0.1, 0.15) is 64.0 Å². The smallest absolute Gasteiger partial charge is 0.119 e. The second-order valence-corrected chi connectivity index (χ2v) is 6.16. The summed E-state index contributed by atoms with van der Waals surface area (Å²) in [5, 5.41) is 13.9. The van der Waals surface area contributed by atoms with E-state index in [1.807, 2.05) is 12.1 Å². The van der Waals surface area contributed by atoms with E-state index in [9.17, 15) is 5.11 Å². The fourth-order valence-electron chi connectivity index (χ4n) is 3.11. The maximum Gasteiger partial charge on any atom is 0.119 e. The van der Waals surface area contributed by atoms with Gasteiger partial charge in [0, 0.05) is 6.04 Å². The molecule has 3 nitrogen and oxygen atoms in total. The first kappa shape index (κ1) is 16.3. The molecule has 0 saturated heterocycles. The first-order valence-electron chi connectivity index (χ1n) is 8.35. The highest BCUT2D eigenvalue weighted by molar-refractivity contribution is 5.29. The monoisotopic (exact) mass is 291 g/mol. The van der Waals surface area contributed by atoms with Gasteiger partial charge >= 0.3 is 0 Å². The van der Waals surface area contributed by atoms with E-state index in [4.69, 9.17) is 4.74 Å². The quantitative estimate of drug-likeness (QED) is 0.802. The molecule has 1 saturated carbocycles. The van der Waals surface area contributed by atoms with Crippen LogP contribution in [0.25, 0.3) is 0 Å². The zero-order chi connectivity index (χ0) is 15.1. The molecule has 0 aromatic heterocycles. The van der Waals surface area contributed by atoms with Gasteiger partial charge < -0.3 is 15.2 Å². The van der Waals surface area contributed by atoms with Crippen molar-refractivity contribution in [2.75, 3.05) is 13.2 Å². The highest BCUT2D eigenvalue weighted by Crippen LogP contribution is 2.29. The summed E-state index contributed by atoms with van der Waals surface area (Å²) in [4.78, 5) is 0. The van der Waals surface area contributed by atoms with Gasteiger partial charge in [-0.2, -0.15) is 0 Å². The largest absolute Gasteiger partial charge is 0.491 e. The van der Waals surface area contributed by atoms with Gasteiger partial charge in [0.1, 0.15) is 12.4 Å². The average Bonchev–Trinajstić information content (AvgIpc) is 2.52. The molecule has 2 N–H and O–H groups in total. The lowest BCUT2D eigenvalue weighted by Crippen LogP contribution is -2.37. The summed E-state index contributed by atoms with van der Waals surface area (Å²) >= 11 is 0. The summed E-state index contributed by atoms with van der Waals surface area (Å²) in [6.45, 7) is 5.71. The molecule has 1 unspecified atom stereocenters. The number of hydrogen-bond donors (Lipinski definition) is 2. The molecule has 0 aliphatic heterocycles. The Labute approximate surface area is 128 Å². The molecule has 0 bridgehead atoms. The third kappa shape index (κ3) is 4.72. The van der Waals surface area contributed by atoms with Gasteiger partial charge in [0.25, 0.3) is 0 Å². The van der Waals surface area contributed by atoms with E-state index >= 15 is 0 Å². The molecule has 1 aromatic rings. The van der Waals surface area contributed by atoms with E-state index in [1.54, 1.807) is 0 Å². The lowest BCUT2D eigenvalue weighted by atomic mass is 9.85. The maximum absolute atomic E-state index is 10.4. The summed E-state index contributed by atoms with van der Waals surface area (Å²) in [5.41, 5.74) is 0.676. The van der Waals surface area contributed by atoms with E-state index in [0.29, 0.717) is 12.6 Å². The minimum absolute atomic E-state index is 0.409. The molecule has 1 aliphatic rings. The predicted octanol–water partition coefficient (Wildman–Crippen LogP) is 3.82. The fourth-order valence-corrected chi connectivity index (χ4v) is 3.11. The summed E-state index contributed by atoms with van der Waals surface area (Å²) in [6, 6.07) is 8.68. The summed E-state index contributed by atoms with van der Waals surface area (Å²) in [7, 11) is 0. The molecule has 0 heterocycles. The van der Waals surface area contributed by atoms with Crippen molar-refractivity contribution in [3.05, 3.63) is 29.8 Å². The Morgan fingerprint density at radius 1 is 1.14 bits per heavy atom. The van der Waals surface area contributed by atoms with Crippen LogP contribution in [0.3, 0.4) is 0 Å². The number of aliphatic hydroxyl groups is 1. The second kappa shape index (κ2) is 7.81. The number of nitrogens with one attached hydrogen (secondary N) is 1. The Balaban J connectivity index is 1.90. The Morgan fingerprint density at radius 3 is 2.38 bits per heavy atom. The molecule has 1 atom stereocenters. The highest BCUT2D eigenvalue weighted by Gasteiger charge is 2.29. The van der Waals surface area contributed by atoms with Crippen molar-refractivity contribution in [2.45, 2.75) is 64.0 Å².